The van der Waals surface area contributed by atoms with E-state index in [0.717, 1.165) is 12.0 Å². The molecule has 3 rings (SSSR count). The van der Waals surface area contributed by atoms with Crippen LogP contribution in [0.25, 0.3) is 16.9 Å². The van der Waals surface area contributed by atoms with Crippen LogP contribution in [0.4, 0.5) is 10.2 Å². The number of nitrogens with zero attached hydrogens (tertiary/aromatic N) is 3. The fourth-order valence-electron chi connectivity index (χ4n) is 3.48. The maximum atomic E-state index is 13.5. The van der Waals surface area contributed by atoms with Crippen LogP contribution in [0.3, 0.4) is 0 Å². The summed E-state index contributed by atoms with van der Waals surface area (Å²) in [5.41, 5.74) is 2.01. The van der Waals surface area contributed by atoms with Gasteiger partial charge < -0.3 is 10.2 Å². The summed E-state index contributed by atoms with van der Waals surface area (Å²) in [6.07, 6.45) is 1.13. The van der Waals surface area contributed by atoms with Gasteiger partial charge in [-0.2, -0.15) is 5.10 Å². The van der Waals surface area contributed by atoms with Crippen molar-refractivity contribution in [3.63, 3.8) is 0 Å². The van der Waals surface area contributed by atoms with Gasteiger partial charge in [0, 0.05) is 24.6 Å². The Hall–Kier alpha value is -3.48. The molecule has 7 heteroatoms. The van der Waals surface area contributed by atoms with Crippen LogP contribution in [-0.2, 0) is 9.59 Å². The molecule has 0 atom stereocenters. The summed E-state index contributed by atoms with van der Waals surface area (Å²) in [5.74, 6) is -0.261. The predicted molar refractivity (Wildman–Crippen MR) is 129 cm³/mol. The van der Waals surface area contributed by atoms with Crippen molar-refractivity contribution in [1.82, 2.24) is 14.7 Å². The molecule has 174 valence electrons. The second kappa shape index (κ2) is 10.4. The molecule has 6 nitrogen and oxygen atoms in total. The minimum atomic E-state index is -0.354. The van der Waals surface area contributed by atoms with Crippen molar-refractivity contribution in [1.29, 1.82) is 0 Å². The van der Waals surface area contributed by atoms with Gasteiger partial charge in [-0.1, -0.05) is 58.0 Å². The fraction of sp³-hybridized carbons (Fsp3) is 0.346. The summed E-state index contributed by atoms with van der Waals surface area (Å²) in [7, 11) is 0. The molecule has 2 aromatic carbocycles. The van der Waals surface area contributed by atoms with E-state index in [1.807, 2.05) is 58.0 Å². The van der Waals surface area contributed by atoms with Crippen molar-refractivity contribution in [2.45, 2.75) is 40.5 Å². The molecule has 0 saturated heterocycles. The predicted octanol–water partition coefficient (Wildman–Crippen LogP) is 5.29. The van der Waals surface area contributed by atoms with Crippen LogP contribution in [0.5, 0.6) is 0 Å². The number of hydrogen-bond donors (Lipinski definition) is 1. The molecule has 0 aliphatic carbocycles. The Morgan fingerprint density at radius 1 is 1.06 bits per heavy atom. The van der Waals surface area contributed by atoms with Crippen molar-refractivity contribution < 1.29 is 14.0 Å². The number of hydrogen-bond acceptors (Lipinski definition) is 3. The smallest absolute Gasteiger partial charge is 0.245 e. The van der Waals surface area contributed by atoms with Crippen LogP contribution in [0.2, 0.25) is 0 Å². The highest BCUT2D eigenvalue weighted by Gasteiger charge is 2.23. The molecule has 0 aliphatic rings. The zero-order valence-corrected chi connectivity index (χ0v) is 19.6. The van der Waals surface area contributed by atoms with E-state index >= 15 is 0 Å². The van der Waals surface area contributed by atoms with Gasteiger partial charge in [0.15, 0.2) is 0 Å². The number of halogens is 1. The molecule has 0 fully saturated rings. The minimum Gasteiger partial charge on any atom is -0.333 e. The molecule has 0 aliphatic heterocycles. The lowest BCUT2D eigenvalue weighted by Gasteiger charge is -2.26. The lowest BCUT2D eigenvalue weighted by atomic mass is 9.91. The number of amides is 2. The second-order valence-electron chi connectivity index (χ2n) is 9.27. The topological polar surface area (TPSA) is 67.2 Å². The molecule has 3 aromatic rings. The number of aromatic nitrogens is 2. The number of rotatable bonds is 8. The third kappa shape index (κ3) is 6.75. The molecule has 0 unspecified atom stereocenters. The third-order valence-corrected chi connectivity index (χ3v) is 4.98. The summed E-state index contributed by atoms with van der Waals surface area (Å²) in [5, 5.41) is 7.53. The Bertz CT molecular complexity index is 1090. The molecule has 1 heterocycles. The van der Waals surface area contributed by atoms with E-state index < -0.39 is 0 Å². The largest absolute Gasteiger partial charge is 0.333 e. The van der Waals surface area contributed by atoms with Crippen LogP contribution in [0, 0.1) is 11.2 Å². The highest BCUT2D eigenvalue weighted by atomic mass is 19.1. The highest BCUT2D eigenvalue weighted by Crippen LogP contribution is 2.25. The number of anilines is 1. The first kappa shape index (κ1) is 24.2. The number of carbonyl (C=O) groups is 2. The van der Waals surface area contributed by atoms with Gasteiger partial charge in [-0.15, -0.1) is 0 Å². The van der Waals surface area contributed by atoms with E-state index in [0.29, 0.717) is 30.2 Å². The van der Waals surface area contributed by atoms with Crippen LogP contribution < -0.4 is 5.32 Å². The Morgan fingerprint density at radius 2 is 1.73 bits per heavy atom. The van der Waals surface area contributed by atoms with Crippen LogP contribution in [-0.4, -0.2) is 39.6 Å². The average molecular weight is 451 g/mol. The molecule has 1 aromatic heterocycles. The van der Waals surface area contributed by atoms with Crippen LogP contribution in [0.1, 0.15) is 40.5 Å². The van der Waals surface area contributed by atoms with E-state index in [2.05, 4.69) is 10.4 Å². The van der Waals surface area contributed by atoms with Crippen molar-refractivity contribution in [3.8, 4) is 16.9 Å². The third-order valence-electron chi connectivity index (χ3n) is 4.98. The molecule has 33 heavy (non-hydrogen) atoms. The van der Waals surface area contributed by atoms with E-state index in [9.17, 15) is 14.0 Å². The second-order valence-corrected chi connectivity index (χ2v) is 9.27. The molecule has 0 radical (unpaired) electrons. The van der Waals surface area contributed by atoms with Crippen LogP contribution in [0.15, 0.2) is 60.7 Å². The van der Waals surface area contributed by atoms with Gasteiger partial charge in [-0.25, -0.2) is 9.07 Å². The van der Waals surface area contributed by atoms with Crippen LogP contribution >= 0.6 is 0 Å². The lowest BCUT2D eigenvalue weighted by Crippen LogP contribution is -2.40. The Labute approximate surface area is 194 Å². The van der Waals surface area contributed by atoms with Gasteiger partial charge in [0.1, 0.15) is 11.6 Å². The first-order chi connectivity index (χ1) is 15.7. The van der Waals surface area contributed by atoms with E-state index in [1.165, 1.54) is 12.1 Å². The quantitative estimate of drug-likeness (QED) is 0.507. The Kier molecular flexibility index (Phi) is 7.63. The first-order valence-corrected chi connectivity index (χ1v) is 11.2. The summed E-state index contributed by atoms with van der Waals surface area (Å²) in [4.78, 5) is 27.3. The SMILES string of the molecule is CCCN(CC(=O)Nc1cc(-c2ccccc2)nn1-c1ccc(F)cc1)C(=O)CC(C)(C)C. The zero-order valence-electron chi connectivity index (χ0n) is 19.6. The molecular formula is C26H31FN4O2. The Morgan fingerprint density at radius 3 is 2.33 bits per heavy atom. The summed E-state index contributed by atoms with van der Waals surface area (Å²) in [6, 6.07) is 17.3. The van der Waals surface area contributed by atoms with Crippen molar-refractivity contribution in [2.24, 2.45) is 5.41 Å². The molecular weight excluding hydrogens is 419 g/mol. The van der Waals surface area contributed by atoms with Gasteiger partial charge in [0.05, 0.1) is 17.9 Å². The molecule has 1 N–H and O–H groups in total. The van der Waals surface area contributed by atoms with Gasteiger partial charge >= 0.3 is 0 Å². The lowest BCUT2D eigenvalue weighted by molar-refractivity contribution is -0.136. The average Bonchev–Trinajstić information content (AvgIpc) is 3.17. The number of benzene rings is 2. The normalized spacial score (nSPS) is 11.3. The van der Waals surface area contributed by atoms with Crippen molar-refractivity contribution >= 4 is 17.6 Å². The summed E-state index contributed by atoms with van der Waals surface area (Å²) in [6.45, 7) is 8.45. The van der Waals surface area contributed by atoms with Gasteiger partial charge in [-0.05, 0) is 36.1 Å². The van der Waals surface area contributed by atoms with Gasteiger partial charge in [-0.3, -0.25) is 9.59 Å². The minimum absolute atomic E-state index is 0.0436. The highest BCUT2D eigenvalue weighted by molar-refractivity contribution is 5.94. The fourth-order valence-corrected chi connectivity index (χ4v) is 3.48. The standard InChI is InChI=1S/C26H31FN4O2/c1-5-15-30(25(33)17-26(2,3)4)18-24(32)28-23-16-22(19-9-7-6-8-10-19)29-31(23)21-13-11-20(27)12-14-21/h6-14,16H,5,15,17-18H2,1-4H3,(H,28,32). The van der Waals surface area contributed by atoms with E-state index in [4.69, 9.17) is 0 Å². The van der Waals surface area contributed by atoms with Crippen molar-refractivity contribution in [3.05, 3.63) is 66.5 Å². The zero-order chi connectivity index (χ0) is 24.0. The molecule has 0 bridgehead atoms. The maximum absolute atomic E-state index is 13.5. The summed E-state index contributed by atoms with van der Waals surface area (Å²) >= 11 is 0. The van der Waals surface area contributed by atoms with Gasteiger partial charge in [0.2, 0.25) is 11.8 Å². The molecule has 0 spiro atoms. The van der Waals surface area contributed by atoms with Gasteiger partial charge in [0.25, 0.3) is 0 Å². The first-order valence-electron chi connectivity index (χ1n) is 11.2. The number of nitrogens with one attached hydrogen (secondary N) is 1. The maximum Gasteiger partial charge on any atom is 0.245 e. The van der Waals surface area contributed by atoms with E-state index in [-0.39, 0.29) is 29.6 Å². The monoisotopic (exact) mass is 450 g/mol. The molecule has 0 saturated carbocycles. The summed E-state index contributed by atoms with van der Waals surface area (Å²) < 4.78 is 15.0. The number of carbonyl (C=O) groups excluding carboxylic acids is 2. The Balaban J connectivity index is 1.86. The van der Waals surface area contributed by atoms with Crippen molar-refractivity contribution in [2.75, 3.05) is 18.4 Å². The molecule has 2 amide bonds. The van der Waals surface area contributed by atoms with E-state index in [1.54, 1.807) is 27.8 Å².